The van der Waals surface area contributed by atoms with Crippen LogP contribution in [0.15, 0.2) is 64.8 Å². The third-order valence-electron chi connectivity index (χ3n) is 3.02. The molecular weight excluding hydrogens is 325 g/mol. The Morgan fingerprint density at radius 3 is 2.58 bits per heavy atom. The van der Waals surface area contributed by atoms with Crippen LogP contribution < -0.4 is 10.5 Å². The molecule has 0 heterocycles. The molecule has 2 rings (SSSR count). The van der Waals surface area contributed by atoms with Crippen molar-refractivity contribution in [1.29, 1.82) is 0 Å². The van der Waals surface area contributed by atoms with E-state index in [0.29, 0.717) is 23.9 Å². The molecule has 0 aromatic heterocycles. The number of rotatable bonds is 8. The van der Waals surface area contributed by atoms with Crippen molar-refractivity contribution in [2.75, 3.05) is 13.3 Å². The average molecular weight is 345 g/mol. The van der Waals surface area contributed by atoms with Crippen LogP contribution in [0.1, 0.15) is 17.5 Å². The van der Waals surface area contributed by atoms with E-state index in [1.54, 1.807) is 6.21 Å². The van der Waals surface area contributed by atoms with E-state index in [9.17, 15) is 4.39 Å². The van der Waals surface area contributed by atoms with Gasteiger partial charge < -0.3 is 10.5 Å². The normalized spacial score (nSPS) is 11.8. The molecule has 0 saturated carbocycles. The molecule has 0 aliphatic rings. The minimum atomic E-state index is -0.369. The number of hydrogen-bond donors (Lipinski definition) is 1. The first-order valence-corrected chi connectivity index (χ1v) is 8.58. The fourth-order valence-corrected chi connectivity index (χ4v) is 2.42. The van der Waals surface area contributed by atoms with E-state index in [-0.39, 0.29) is 6.67 Å². The summed E-state index contributed by atoms with van der Waals surface area (Å²) in [6.45, 7) is 0.00977. The molecule has 0 radical (unpaired) electrons. The van der Waals surface area contributed by atoms with Gasteiger partial charge in [-0.25, -0.2) is 0 Å². The van der Waals surface area contributed by atoms with Crippen LogP contribution in [0, 0.1) is 0 Å². The van der Waals surface area contributed by atoms with Crippen LogP contribution in [-0.4, -0.2) is 24.7 Å². The van der Waals surface area contributed by atoms with Crippen LogP contribution >= 0.6 is 11.8 Å². The molecule has 2 N–H and O–H groups in total. The van der Waals surface area contributed by atoms with E-state index >= 15 is 0 Å². The summed E-state index contributed by atoms with van der Waals surface area (Å²) in [5.74, 6) is 1.47. The minimum Gasteiger partial charge on any atom is -0.493 e. The lowest BCUT2D eigenvalue weighted by Crippen LogP contribution is -2.06. The van der Waals surface area contributed by atoms with E-state index in [2.05, 4.69) is 10.2 Å². The molecule has 24 heavy (non-hydrogen) atoms. The summed E-state index contributed by atoms with van der Waals surface area (Å²) in [4.78, 5) is 0. The van der Waals surface area contributed by atoms with Crippen LogP contribution in [0.25, 0.3) is 0 Å². The molecule has 0 amide bonds. The Labute approximate surface area is 145 Å². The van der Waals surface area contributed by atoms with Gasteiger partial charge in [-0.1, -0.05) is 42.1 Å². The van der Waals surface area contributed by atoms with Gasteiger partial charge in [-0.05, 0) is 35.4 Å². The zero-order valence-electron chi connectivity index (χ0n) is 13.3. The predicted octanol–water partition coefficient (Wildman–Crippen LogP) is 4.01. The monoisotopic (exact) mass is 345 g/mol. The summed E-state index contributed by atoms with van der Waals surface area (Å²) in [5.41, 5.74) is 7.90. The number of nitrogens with two attached hydrogens (primary N) is 1. The third kappa shape index (κ3) is 6.83. The van der Waals surface area contributed by atoms with Crippen LogP contribution in [0.4, 0.5) is 4.39 Å². The van der Waals surface area contributed by atoms with Crippen LogP contribution in [0.2, 0.25) is 0 Å². The van der Waals surface area contributed by atoms with Crippen molar-refractivity contribution >= 4 is 23.1 Å². The van der Waals surface area contributed by atoms with Crippen molar-refractivity contribution in [2.45, 2.75) is 12.2 Å². The van der Waals surface area contributed by atoms with Gasteiger partial charge >= 0.3 is 0 Å². The topological polar surface area (TPSA) is 60.0 Å². The Morgan fingerprint density at radius 1 is 1.12 bits per heavy atom. The van der Waals surface area contributed by atoms with Crippen LogP contribution in [0.5, 0.6) is 5.75 Å². The van der Waals surface area contributed by atoms with E-state index in [1.807, 2.05) is 54.6 Å². The maximum absolute atomic E-state index is 12.0. The number of thioether (sulfide) groups is 1. The number of ether oxygens (including phenoxy) is 1. The van der Waals surface area contributed by atoms with Crippen LogP contribution in [0.3, 0.4) is 0 Å². The predicted molar refractivity (Wildman–Crippen MR) is 99.5 cm³/mol. The molecular formula is C18H20FN3OS. The van der Waals surface area contributed by atoms with Crippen molar-refractivity contribution in [2.24, 2.45) is 15.9 Å². The quantitative estimate of drug-likeness (QED) is 0.340. The molecule has 126 valence electrons. The van der Waals surface area contributed by atoms with Gasteiger partial charge in [0.05, 0.1) is 19.5 Å². The standard InChI is InChI=1S/C18H20FN3OS/c19-11-4-12-23-17-9-7-15(8-10-17)13-21-22-18(20)24-14-16-5-2-1-3-6-16/h1-3,5-10,13H,4,11-12,14H2,(H2,20,22). The van der Waals surface area contributed by atoms with Gasteiger partial charge in [0.1, 0.15) is 5.75 Å². The fraction of sp³-hybridized carbons (Fsp3) is 0.222. The summed E-state index contributed by atoms with van der Waals surface area (Å²) in [6, 6.07) is 17.4. The molecule has 0 fully saturated rings. The van der Waals surface area contributed by atoms with Gasteiger partial charge in [0.25, 0.3) is 0 Å². The second-order valence-corrected chi connectivity index (χ2v) is 5.91. The van der Waals surface area contributed by atoms with Gasteiger partial charge in [-0.3, -0.25) is 4.39 Å². The third-order valence-corrected chi connectivity index (χ3v) is 3.87. The summed E-state index contributed by atoms with van der Waals surface area (Å²) in [6.07, 6.45) is 2.03. The second kappa shape index (κ2) is 10.4. The zero-order valence-corrected chi connectivity index (χ0v) is 14.1. The van der Waals surface area contributed by atoms with Crippen molar-refractivity contribution in [1.82, 2.24) is 0 Å². The molecule has 0 aliphatic heterocycles. The molecule has 0 atom stereocenters. The Morgan fingerprint density at radius 2 is 1.88 bits per heavy atom. The van der Waals surface area contributed by atoms with Crippen molar-refractivity contribution in [3.05, 3.63) is 65.7 Å². The van der Waals surface area contributed by atoms with Crippen molar-refractivity contribution in [3.63, 3.8) is 0 Å². The Balaban J connectivity index is 1.79. The summed E-state index contributed by atoms with van der Waals surface area (Å²) >= 11 is 1.44. The van der Waals surface area contributed by atoms with Gasteiger partial charge in [0, 0.05) is 12.2 Å². The van der Waals surface area contributed by atoms with Gasteiger partial charge in [0.15, 0.2) is 5.17 Å². The van der Waals surface area contributed by atoms with Crippen molar-refractivity contribution in [3.8, 4) is 5.75 Å². The molecule has 0 aliphatic carbocycles. The molecule has 0 spiro atoms. The lowest BCUT2D eigenvalue weighted by molar-refractivity contribution is 0.289. The van der Waals surface area contributed by atoms with Gasteiger partial charge in [-0.15, -0.1) is 5.10 Å². The second-order valence-electron chi connectivity index (χ2n) is 4.92. The molecule has 0 saturated heterocycles. The molecule has 0 bridgehead atoms. The van der Waals surface area contributed by atoms with E-state index < -0.39 is 0 Å². The van der Waals surface area contributed by atoms with E-state index in [4.69, 9.17) is 10.5 Å². The number of hydrogen-bond acceptors (Lipinski definition) is 4. The number of benzene rings is 2. The summed E-state index contributed by atoms with van der Waals surface area (Å²) < 4.78 is 17.4. The minimum absolute atomic E-state index is 0.369. The lowest BCUT2D eigenvalue weighted by atomic mass is 10.2. The highest BCUT2D eigenvalue weighted by molar-refractivity contribution is 8.13. The first-order valence-electron chi connectivity index (χ1n) is 7.60. The van der Waals surface area contributed by atoms with E-state index in [0.717, 1.165) is 11.3 Å². The number of alkyl halides is 1. The van der Waals surface area contributed by atoms with Gasteiger partial charge in [0.2, 0.25) is 0 Å². The van der Waals surface area contributed by atoms with E-state index in [1.165, 1.54) is 17.3 Å². The van der Waals surface area contributed by atoms with Crippen LogP contribution in [-0.2, 0) is 5.75 Å². The summed E-state index contributed by atoms with van der Waals surface area (Å²) in [7, 11) is 0. The Kier molecular flexibility index (Phi) is 7.83. The lowest BCUT2D eigenvalue weighted by Gasteiger charge is -2.04. The Bertz CT molecular complexity index is 660. The number of halogens is 1. The molecule has 4 nitrogen and oxygen atoms in total. The first kappa shape index (κ1) is 18.0. The molecule has 2 aromatic carbocycles. The first-order chi connectivity index (χ1) is 11.8. The molecule has 2 aromatic rings. The maximum Gasteiger partial charge on any atom is 0.180 e. The molecule has 6 heteroatoms. The average Bonchev–Trinajstić information content (AvgIpc) is 2.62. The maximum atomic E-state index is 12.0. The highest BCUT2D eigenvalue weighted by Gasteiger charge is 1.96. The molecule has 0 unspecified atom stereocenters. The highest BCUT2D eigenvalue weighted by atomic mass is 32.2. The highest BCUT2D eigenvalue weighted by Crippen LogP contribution is 2.13. The summed E-state index contributed by atoms with van der Waals surface area (Å²) in [5, 5.41) is 8.38. The van der Waals surface area contributed by atoms with Crippen molar-refractivity contribution < 1.29 is 9.13 Å². The SMILES string of the molecule is NC(=NN=Cc1ccc(OCCCF)cc1)SCc1ccccc1. The largest absolute Gasteiger partial charge is 0.493 e. The fourth-order valence-electron chi connectivity index (χ4n) is 1.81. The number of amidine groups is 1. The number of nitrogens with zero attached hydrogens (tertiary/aromatic N) is 2. The van der Waals surface area contributed by atoms with Gasteiger partial charge in [-0.2, -0.15) is 5.10 Å². The Hall–Kier alpha value is -2.34. The smallest absolute Gasteiger partial charge is 0.180 e. The zero-order chi connectivity index (χ0) is 17.0.